The molecule has 0 aliphatic heterocycles. The molecule has 1 N–H and O–H groups in total. The van der Waals surface area contributed by atoms with Gasteiger partial charge in [0.25, 0.3) is 0 Å². The van der Waals surface area contributed by atoms with Gasteiger partial charge in [-0.05, 0) is 43.4 Å². The summed E-state index contributed by atoms with van der Waals surface area (Å²) in [5.74, 6) is -0.461. The summed E-state index contributed by atoms with van der Waals surface area (Å²) in [6.45, 7) is 1.27. The number of nitrogens with zero attached hydrogens (tertiary/aromatic N) is 3. The molecule has 5 nitrogen and oxygen atoms in total. The van der Waals surface area contributed by atoms with Gasteiger partial charge in [0.15, 0.2) is 0 Å². The van der Waals surface area contributed by atoms with Crippen molar-refractivity contribution in [2.75, 3.05) is 14.1 Å². The molecule has 0 aliphatic carbocycles. The monoisotopic (exact) mass is 380 g/mol. The fourth-order valence-electron chi connectivity index (χ4n) is 3.01. The number of hydrogen-bond acceptors (Lipinski definition) is 3. The molecule has 0 aliphatic rings. The summed E-state index contributed by atoms with van der Waals surface area (Å²) in [5, 5.41) is 7.46. The van der Waals surface area contributed by atoms with Gasteiger partial charge in [0.05, 0.1) is 17.8 Å². The molecule has 0 spiro atoms. The van der Waals surface area contributed by atoms with Crippen LogP contribution in [0, 0.1) is 5.82 Å². The molecule has 6 heteroatoms. The van der Waals surface area contributed by atoms with Crippen molar-refractivity contribution in [3.05, 3.63) is 77.2 Å². The lowest BCUT2D eigenvalue weighted by atomic mass is 10.1. The Hall–Kier alpha value is -2.99. The lowest BCUT2D eigenvalue weighted by Gasteiger charge is -2.08. The summed E-state index contributed by atoms with van der Waals surface area (Å²) in [6, 6.07) is 16.2. The number of carbonyl (C=O) groups excluding carboxylic acids is 1. The molecule has 146 valence electrons. The van der Waals surface area contributed by atoms with Gasteiger partial charge in [-0.15, -0.1) is 0 Å². The molecule has 0 radical (unpaired) electrons. The van der Waals surface area contributed by atoms with Gasteiger partial charge in [0.1, 0.15) is 5.82 Å². The first-order valence-corrected chi connectivity index (χ1v) is 9.19. The number of rotatable bonds is 7. The first-order valence-electron chi connectivity index (χ1n) is 9.19. The van der Waals surface area contributed by atoms with Gasteiger partial charge in [-0.3, -0.25) is 9.48 Å². The normalized spacial score (nSPS) is 11.0. The van der Waals surface area contributed by atoms with Crippen LogP contribution in [-0.4, -0.2) is 34.7 Å². The number of halogens is 1. The number of aromatic nitrogens is 2. The molecule has 0 saturated heterocycles. The molecular weight excluding hydrogens is 355 g/mol. The van der Waals surface area contributed by atoms with Gasteiger partial charge in [0, 0.05) is 25.7 Å². The second-order valence-electron chi connectivity index (χ2n) is 7.16. The highest BCUT2D eigenvalue weighted by Crippen LogP contribution is 2.20. The summed E-state index contributed by atoms with van der Waals surface area (Å²) < 4.78 is 15.1. The van der Waals surface area contributed by atoms with Crippen LogP contribution in [0.4, 0.5) is 4.39 Å². The predicted octanol–water partition coefficient (Wildman–Crippen LogP) is 3.15. The first-order chi connectivity index (χ1) is 13.4. The van der Waals surface area contributed by atoms with Crippen LogP contribution in [-0.2, 0) is 31.4 Å². The van der Waals surface area contributed by atoms with Crippen LogP contribution in [0.5, 0.6) is 0 Å². The standard InChI is InChI=1S/C22H25FN4O/c1-26(2)15-20-13-21(25-27(20)3)18-9-7-16(8-10-18)14-24-22(28)12-17-5-4-6-19(23)11-17/h4-11,13H,12,14-15H2,1-3H3,(H,24,28). The number of carbonyl (C=O) groups is 1. The SMILES string of the molecule is CN(C)Cc1cc(-c2ccc(CNC(=O)Cc3cccc(F)c3)cc2)nn1C. The van der Waals surface area contributed by atoms with E-state index in [9.17, 15) is 9.18 Å². The molecule has 2 aromatic carbocycles. The quantitative estimate of drug-likeness (QED) is 0.685. The highest BCUT2D eigenvalue weighted by molar-refractivity contribution is 5.78. The zero-order valence-corrected chi connectivity index (χ0v) is 16.4. The third kappa shape index (κ3) is 5.27. The van der Waals surface area contributed by atoms with Gasteiger partial charge in [0.2, 0.25) is 5.91 Å². The number of nitrogens with one attached hydrogen (secondary N) is 1. The van der Waals surface area contributed by atoms with Crippen molar-refractivity contribution < 1.29 is 9.18 Å². The lowest BCUT2D eigenvalue weighted by Crippen LogP contribution is -2.24. The largest absolute Gasteiger partial charge is 0.352 e. The number of amides is 1. The van der Waals surface area contributed by atoms with Crippen molar-refractivity contribution in [1.29, 1.82) is 0 Å². The van der Waals surface area contributed by atoms with E-state index in [-0.39, 0.29) is 18.1 Å². The zero-order valence-electron chi connectivity index (χ0n) is 16.4. The Morgan fingerprint density at radius 2 is 1.86 bits per heavy atom. The Morgan fingerprint density at radius 3 is 2.54 bits per heavy atom. The third-order valence-electron chi connectivity index (χ3n) is 4.45. The Bertz CT molecular complexity index is 947. The maximum atomic E-state index is 13.2. The summed E-state index contributed by atoms with van der Waals surface area (Å²) >= 11 is 0. The van der Waals surface area contributed by atoms with Gasteiger partial charge in [-0.2, -0.15) is 5.10 Å². The first kappa shape index (κ1) is 19.8. The van der Waals surface area contributed by atoms with Crippen molar-refractivity contribution in [3.8, 4) is 11.3 Å². The van der Waals surface area contributed by atoms with E-state index in [0.29, 0.717) is 12.1 Å². The topological polar surface area (TPSA) is 50.2 Å². The maximum Gasteiger partial charge on any atom is 0.224 e. The molecule has 0 bridgehead atoms. The molecular formula is C22H25FN4O. The van der Waals surface area contributed by atoms with Crippen LogP contribution in [0.15, 0.2) is 54.6 Å². The van der Waals surface area contributed by atoms with Crippen molar-refractivity contribution in [3.63, 3.8) is 0 Å². The lowest BCUT2D eigenvalue weighted by molar-refractivity contribution is -0.120. The van der Waals surface area contributed by atoms with Crippen molar-refractivity contribution in [1.82, 2.24) is 20.0 Å². The molecule has 3 rings (SSSR count). The van der Waals surface area contributed by atoms with Crippen LogP contribution >= 0.6 is 0 Å². The number of benzene rings is 2. The molecule has 0 unspecified atom stereocenters. The van der Waals surface area contributed by atoms with E-state index in [0.717, 1.165) is 29.1 Å². The van der Waals surface area contributed by atoms with Crippen LogP contribution < -0.4 is 5.32 Å². The number of aryl methyl sites for hydroxylation is 1. The van der Waals surface area contributed by atoms with E-state index >= 15 is 0 Å². The third-order valence-corrected chi connectivity index (χ3v) is 4.45. The van der Waals surface area contributed by atoms with Gasteiger partial charge >= 0.3 is 0 Å². The van der Waals surface area contributed by atoms with Gasteiger partial charge < -0.3 is 10.2 Å². The molecule has 28 heavy (non-hydrogen) atoms. The molecule has 0 saturated carbocycles. The Morgan fingerprint density at radius 1 is 1.11 bits per heavy atom. The number of hydrogen-bond donors (Lipinski definition) is 1. The van der Waals surface area contributed by atoms with Crippen molar-refractivity contribution >= 4 is 5.91 Å². The zero-order chi connectivity index (χ0) is 20.1. The van der Waals surface area contributed by atoms with Crippen molar-refractivity contribution in [2.24, 2.45) is 7.05 Å². The maximum absolute atomic E-state index is 13.2. The predicted molar refractivity (Wildman–Crippen MR) is 108 cm³/mol. The second-order valence-corrected chi connectivity index (χ2v) is 7.16. The molecule has 1 heterocycles. The van der Waals surface area contributed by atoms with Gasteiger partial charge in [-0.1, -0.05) is 36.4 Å². The van der Waals surface area contributed by atoms with E-state index in [1.54, 1.807) is 12.1 Å². The minimum absolute atomic E-state index is 0.132. The van der Waals surface area contributed by atoms with E-state index in [2.05, 4.69) is 21.4 Å². The fraction of sp³-hybridized carbons (Fsp3) is 0.273. The smallest absolute Gasteiger partial charge is 0.224 e. The molecule has 0 atom stereocenters. The summed E-state index contributed by atoms with van der Waals surface area (Å²) in [7, 11) is 6.01. The minimum Gasteiger partial charge on any atom is -0.352 e. The van der Waals surface area contributed by atoms with Crippen molar-refractivity contribution in [2.45, 2.75) is 19.5 Å². The van der Waals surface area contributed by atoms with Crippen LogP contribution in [0.1, 0.15) is 16.8 Å². The minimum atomic E-state index is -0.329. The van der Waals surface area contributed by atoms with Crippen LogP contribution in [0.25, 0.3) is 11.3 Å². The Balaban J connectivity index is 1.58. The van der Waals surface area contributed by atoms with E-state index in [1.807, 2.05) is 50.1 Å². The van der Waals surface area contributed by atoms with E-state index in [4.69, 9.17) is 0 Å². The average molecular weight is 380 g/mol. The molecule has 1 aromatic heterocycles. The van der Waals surface area contributed by atoms with Gasteiger partial charge in [-0.25, -0.2) is 4.39 Å². The highest BCUT2D eigenvalue weighted by atomic mass is 19.1. The van der Waals surface area contributed by atoms with E-state index in [1.165, 1.54) is 12.1 Å². The molecule has 1 amide bonds. The Labute approximate surface area is 164 Å². The Kier molecular flexibility index (Phi) is 6.21. The fourth-order valence-corrected chi connectivity index (χ4v) is 3.01. The molecule has 0 fully saturated rings. The summed E-state index contributed by atoms with van der Waals surface area (Å²) in [6.07, 6.45) is 0.165. The molecule has 3 aromatic rings. The van der Waals surface area contributed by atoms with Crippen LogP contribution in [0.3, 0.4) is 0 Å². The highest BCUT2D eigenvalue weighted by Gasteiger charge is 2.09. The van der Waals surface area contributed by atoms with Crippen LogP contribution in [0.2, 0.25) is 0 Å². The summed E-state index contributed by atoms with van der Waals surface area (Å²) in [4.78, 5) is 14.2. The van der Waals surface area contributed by atoms with E-state index < -0.39 is 0 Å². The average Bonchev–Trinajstić information content (AvgIpc) is 3.00. The second kappa shape index (κ2) is 8.80. The summed E-state index contributed by atoms with van der Waals surface area (Å²) in [5.41, 5.74) is 4.78.